The van der Waals surface area contributed by atoms with E-state index < -0.39 is 0 Å². The fourth-order valence-electron chi connectivity index (χ4n) is 2.25. The standard InChI is InChI=1S/C14H17NO/c1-9(2)15-13(16)8-11(4)12-7-5-6-10(3)14(12)15/h5-9H,1-4H3. The number of nitrogens with zero attached hydrogens (tertiary/aromatic N) is 1. The van der Waals surface area contributed by atoms with Crippen LogP contribution < -0.4 is 5.56 Å². The summed E-state index contributed by atoms with van der Waals surface area (Å²) in [5.74, 6) is 0. The van der Waals surface area contributed by atoms with Crippen LogP contribution in [0.1, 0.15) is 31.0 Å². The number of fused-ring (bicyclic) bond motifs is 1. The number of benzene rings is 1. The molecule has 0 bridgehead atoms. The average Bonchev–Trinajstić information content (AvgIpc) is 2.19. The third-order valence-corrected chi connectivity index (χ3v) is 3.00. The summed E-state index contributed by atoms with van der Waals surface area (Å²) < 4.78 is 1.87. The molecule has 2 nitrogen and oxygen atoms in total. The number of hydrogen-bond donors (Lipinski definition) is 0. The second-order valence-corrected chi connectivity index (χ2v) is 4.60. The largest absolute Gasteiger partial charge is 0.305 e. The average molecular weight is 215 g/mol. The number of para-hydroxylation sites is 1. The lowest BCUT2D eigenvalue weighted by Gasteiger charge is -2.16. The first-order chi connectivity index (χ1) is 7.52. The lowest BCUT2D eigenvalue weighted by Crippen LogP contribution is -2.22. The Hall–Kier alpha value is -1.57. The Bertz CT molecular complexity index is 593. The molecule has 0 fully saturated rings. The van der Waals surface area contributed by atoms with Gasteiger partial charge in [-0.15, -0.1) is 0 Å². The van der Waals surface area contributed by atoms with Crippen molar-refractivity contribution in [3.8, 4) is 0 Å². The van der Waals surface area contributed by atoms with Crippen molar-refractivity contribution in [2.75, 3.05) is 0 Å². The summed E-state index contributed by atoms with van der Waals surface area (Å²) >= 11 is 0. The lowest BCUT2D eigenvalue weighted by molar-refractivity contribution is 0.599. The predicted octanol–water partition coefficient (Wildman–Crippen LogP) is 3.20. The molecule has 1 aromatic carbocycles. The van der Waals surface area contributed by atoms with Crippen LogP contribution in [0.15, 0.2) is 29.1 Å². The summed E-state index contributed by atoms with van der Waals surface area (Å²) in [5.41, 5.74) is 3.38. The Morgan fingerprint density at radius 1 is 1.12 bits per heavy atom. The maximum atomic E-state index is 12.0. The number of pyridine rings is 1. The number of rotatable bonds is 1. The van der Waals surface area contributed by atoms with E-state index in [-0.39, 0.29) is 11.6 Å². The highest BCUT2D eigenvalue weighted by Crippen LogP contribution is 2.22. The van der Waals surface area contributed by atoms with Crippen molar-refractivity contribution in [3.05, 3.63) is 45.7 Å². The molecule has 2 heteroatoms. The van der Waals surface area contributed by atoms with Crippen LogP contribution in [0.5, 0.6) is 0 Å². The van der Waals surface area contributed by atoms with E-state index in [1.165, 1.54) is 5.39 Å². The second-order valence-electron chi connectivity index (χ2n) is 4.60. The zero-order valence-electron chi connectivity index (χ0n) is 10.2. The van der Waals surface area contributed by atoms with Crippen molar-refractivity contribution in [2.45, 2.75) is 33.7 Å². The van der Waals surface area contributed by atoms with Crippen molar-refractivity contribution in [3.63, 3.8) is 0 Å². The third-order valence-electron chi connectivity index (χ3n) is 3.00. The monoisotopic (exact) mass is 215 g/mol. The minimum absolute atomic E-state index is 0.0919. The molecule has 2 aromatic rings. The second kappa shape index (κ2) is 3.78. The van der Waals surface area contributed by atoms with E-state index in [0.29, 0.717) is 0 Å². The molecule has 0 radical (unpaired) electrons. The van der Waals surface area contributed by atoms with Gasteiger partial charge in [0.25, 0.3) is 5.56 Å². The first kappa shape index (κ1) is 10.9. The Morgan fingerprint density at radius 3 is 2.44 bits per heavy atom. The van der Waals surface area contributed by atoms with Gasteiger partial charge in [0.15, 0.2) is 0 Å². The molecule has 0 aliphatic rings. The van der Waals surface area contributed by atoms with Gasteiger partial charge in [0.1, 0.15) is 0 Å². The first-order valence-electron chi connectivity index (χ1n) is 5.64. The van der Waals surface area contributed by atoms with Gasteiger partial charge in [0.2, 0.25) is 0 Å². The summed E-state index contributed by atoms with van der Waals surface area (Å²) in [6.45, 7) is 8.14. The van der Waals surface area contributed by atoms with Crippen molar-refractivity contribution in [1.82, 2.24) is 4.57 Å². The minimum atomic E-state index is 0.0919. The van der Waals surface area contributed by atoms with Gasteiger partial charge in [-0.05, 0) is 38.8 Å². The zero-order chi connectivity index (χ0) is 11.9. The number of aryl methyl sites for hydroxylation is 2. The van der Waals surface area contributed by atoms with Gasteiger partial charge in [0.05, 0.1) is 5.52 Å². The van der Waals surface area contributed by atoms with Crippen LogP contribution in [0.4, 0.5) is 0 Å². The van der Waals surface area contributed by atoms with Crippen LogP contribution in [0.2, 0.25) is 0 Å². The predicted molar refractivity (Wildman–Crippen MR) is 68.1 cm³/mol. The molecule has 0 N–H and O–H groups in total. The van der Waals surface area contributed by atoms with E-state index in [2.05, 4.69) is 19.1 Å². The summed E-state index contributed by atoms with van der Waals surface area (Å²) in [6, 6.07) is 8.09. The highest BCUT2D eigenvalue weighted by Gasteiger charge is 2.10. The van der Waals surface area contributed by atoms with Gasteiger partial charge in [-0.25, -0.2) is 0 Å². The molecule has 0 aliphatic heterocycles. The first-order valence-corrected chi connectivity index (χ1v) is 5.64. The van der Waals surface area contributed by atoms with Crippen LogP contribution in [-0.2, 0) is 0 Å². The van der Waals surface area contributed by atoms with E-state index >= 15 is 0 Å². The van der Waals surface area contributed by atoms with Gasteiger partial charge in [-0.3, -0.25) is 4.79 Å². The van der Waals surface area contributed by atoms with Crippen LogP contribution in [0, 0.1) is 13.8 Å². The van der Waals surface area contributed by atoms with E-state index in [1.807, 2.05) is 31.4 Å². The van der Waals surface area contributed by atoms with Gasteiger partial charge in [-0.2, -0.15) is 0 Å². The molecule has 0 saturated heterocycles. The van der Waals surface area contributed by atoms with Crippen molar-refractivity contribution in [1.29, 1.82) is 0 Å². The van der Waals surface area contributed by atoms with E-state index in [1.54, 1.807) is 6.07 Å². The Morgan fingerprint density at radius 2 is 1.81 bits per heavy atom. The molecule has 0 amide bonds. The molecule has 1 aromatic heterocycles. The fraction of sp³-hybridized carbons (Fsp3) is 0.357. The maximum absolute atomic E-state index is 12.0. The lowest BCUT2D eigenvalue weighted by atomic mass is 10.1. The highest BCUT2D eigenvalue weighted by molar-refractivity contribution is 5.85. The highest BCUT2D eigenvalue weighted by atomic mass is 16.1. The summed E-state index contributed by atoms with van der Waals surface area (Å²) in [7, 11) is 0. The van der Waals surface area contributed by atoms with Crippen LogP contribution >= 0.6 is 0 Å². The van der Waals surface area contributed by atoms with E-state index in [9.17, 15) is 4.79 Å². The Labute approximate surface area is 95.5 Å². The van der Waals surface area contributed by atoms with Crippen LogP contribution in [-0.4, -0.2) is 4.57 Å². The molecule has 16 heavy (non-hydrogen) atoms. The van der Waals surface area contributed by atoms with Gasteiger partial charge >= 0.3 is 0 Å². The molecule has 0 saturated carbocycles. The molecular formula is C14H17NO. The van der Waals surface area contributed by atoms with Gasteiger partial charge in [-0.1, -0.05) is 18.2 Å². The summed E-state index contributed by atoms with van der Waals surface area (Å²) in [4.78, 5) is 12.0. The normalized spacial score (nSPS) is 11.3. The molecular weight excluding hydrogens is 198 g/mol. The number of aromatic nitrogens is 1. The smallest absolute Gasteiger partial charge is 0.251 e. The molecule has 0 spiro atoms. The van der Waals surface area contributed by atoms with E-state index in [4.69, 9.17) is 0 Å². The summed E-state index contributed by atoms with van der Waals surface area (Å²) in [5, 5.41) is 1.17. The van der Waals surface area contributed by atoms with Crippen LogP contribution in [0.3, 0.4) is 0 Å². The minimum Gasteiger partial charge on any atom is -0.305 e. The molecule has 0 atom stereocenters. The Kier molecular flexibility index (Phi) is 2.58. The quantitative estimate of drug-likeness (QED) is 0.716. The molecule has 84 valence electrons. The third kappa shape index (κ3) is 1.54. The SMILES string of the molecule is Cc1cc(=O)n(C(C)C)c2c(C)cccc12. The van der Waals surface area contributed by atoms with Crippen molar-refractivity contribution in [2.24, 2.45) is 0 Å². The Balaban J connectivity index is 3.04. The van der Waals surface area contributed by atoms with Crippen LogP contribution in [0.25, 0.3) is 10.9 Å². The summed E-state index contributed by atoms with van der Waals surface area (Å²) in [6.07, 6.45) is 0. The zero-order valence-corrected chi connectivity index (χ0v) is 10.2. The van der Waals surface area contributed by atoms with E-state index in [0.717, 1.165) is 16.6 Å². The van der Waals surface area contributed by atoms with Crippen molar-refractivity contribution < 1.29 is 0 Å². The van der Waals surface area contributed by atoms with Crippen molar-refractivity contribution >= 4 is 10.9 Å². The maximum Gasteiger partial charge on any atom is 0.251 e. The topological polar surface area (TPSA) is 22.0 Å². The number of hydrogen-bond acceptors (Lipinski definition) is 1. The molecule has 0 unspecified atom stereocenters. The molecule has 0 aliphatic carbocycles. The molecule has 2 rings (SSSR count). The van der Waals surface area contributed by atoms with Gasteiger partial charge in [0, 0.05) is 17.5 Å². The fourth-order valence-corrected chi connectivity index (χ4v) is 2.25. The van der Waals surface area contributed by atoms with Gasteiger partial charge < -0.3 is 4.57 Å². The molecule has 1 heterocycles.